The zero-order chi connectivity index (χ0) is 13.7. The summed E-state index contributed by atoms with van der Waals surface area (Å²) in [5, 5.41) is 6.64. The van der Waals surface area contributed by atoms with Crippen molar-refractivity contribution in [1.29, 1.82) is 0 Å². The Balaban J connectivity index is 2.17. The van der Waals surface area contributed by atoms with Crippen molar-refractivity contribution in [2.24, 2.45) is 0 Å². The third kappa shape index (κ3) is 3.52. The Hall–Kier alpha value is -1.46. The van der Waals surface area contributed by atoms with Gasteiger partial charge in [0.2, 0.25) is 0 Å². The number of aromatic nitrogens is 1. The number of thiazole rings is 1. The minimum absolute atomic E-state index is 0.581. The molecule has 0 amide bonds. The SMILES string of the molecule is CCOc1cc(CNc2nccs2)c(Cl)cc1OC. The quantitative estimate of drug-likeness (QED) is 0.880. The minimum atomic E-state index is 0.581. The summed E-state index contributed by atoms with van der Waals surface area (Å²) < 4.78 is 10.8. The molecule has 2 aromatic rings. The van der Waals surface area contributed by atoms with Crippen LogP contribution in [-0.2, 0) is 6.54 Å². The predicted molar refractivity (Wildman–Crippen MR) is 78.6 cm³/mol. The molecule has 0 aliphatic heterocycles. The molecule has 1 aromatic carbocycles. The van der Waals surface area contributed by atoms with E-state index in [1.165, 1.54) is 0 Å². The van der Waals surface area contributed by atoms with Crippen LogP contribution in [0, 0.1) is 0 Å². The first-order valence-corrected chi connectivity index (χ1v) is 7.13. The number of ether oxygens (including phenoxy) is 2. The molecule has 19 heavy (non-hydrogen) atoms. The van der Waals surface area contributed by atoms with Crippen LogP contribution in [0.4, 0.5) is 5.13 Å². The van der Waals surface area contributed by atoms with E-state index in [1.54, 1.807) is 30.7 Å². The molecule has 0 spiro atoms. The van der Waals surface area contributed by atoms with E-state index < -0.39 is 0 Å². The number of nitrogens with one attached hydrogen (secondary N) is 1. The van der Waals surface area contributed by atoms with Crippen LogP contribution in [0.1, 0.15) is 12.5 Å². The molecule has 1 aromatic heterocycles. The van der Waals surface area contributed by atoms with Crippen molar-refractivity contribution in [3.63, 3.8) is 0 Å². The van der Waals surface area contributed by atoms with Gasteiger partial charge in [0, 0.05) is 29.2 Å². The van der Waals surface area contributed by atoms with Crippen LogP contribution >= 0.6 is 22.9 Å². The fourth-order valence-corrected chi connectivity index (χ4v) is 2.37. The van der Waals surface area contributed by atoms with Crippen molar-refractivity contribution in [2.45, 2.75) is 13.5 Å². The van der Waals surface area contributed by atoms with E-state index in [-0.39, 0.29) is 0 Å². The Morgan fingerprint density at radius 3 is 2.84 bits per heavy atom. The van der Waals surface area contributed by atoms with Crippen LogP contribution < -0.4 is 14.8 Å². The van der Waals surface area contributed by atoms with Crippen molar-refractivity contribution in [1.82, 2.24) is 4.98 Å². The lowest BCUT2D eigenvalue weighted by Gasteiger charge is -2.13. The number of nitrogens with zero attached hydrogens (tertiary/aromatic N) is 1. The predicted octanol–water partition coefficient (Wildman–Crippen LogP) is 3.82. The lowest BCUT2D eigenvalue weighted by Crippen LogP contribution is -2.02. The molecular formula is C13H15ClN2O2S. The Morgan fingerprint density at radius 2 is 2.21 bits per heavy atom. The smallest absolute Gasteiger partial charge is 0.182 e. The number of rotatable bonds is 6. The van der Waals surface area contributed by atoms with Crippen LogP contribution in [-0.4, -0.2) is 18.7 Å². The van der Waals surface area contributed by atoms with E-state index in [0.29, 0.717) is 29.7 Å². The highest BCUT2D eigenvalue weighted by Crippen LogP contribution is 2.33. The molecule has 2 rings (SSSR count). The number of anilines is 1. The van der Waals surface area contributed by atoms with E-state index in [1.807, 2.05) is 18.4 Å². The number of halogens is 1. The molecule has 6 heteroatoms. The monoisotopic (exact) mass is 298 g/mol. The molecule has 4 nitrogen and oxygen atoms in total. The maximum Gasteiger partial charge on any atom is 0.182 e. The van der Waals surface area contributed by atoms with Crippen molar-refractivity contribution in [2.75, 3.05) is 19.0 Å². The third-order valence-corrected chi connectivity index (χ3v) is 3.58. The third-order valence-electron chi connectivity index (χ3n) is 2.49. The lowest BCUT2D eigenvalue weighted by atomic mass is 10.2. The second kappa shape index (κ2) is 6.63. The first-order chi connectivity index (χ1) is 9.24. The van der Waals surface area contributed by atoms with Crippen LogP contribution in [0.15, 0.2) is 23.7 Å². The molecule has 0 fully saturated rings. The Bertz CT molecular complexity index is 532. The van der Waals surface area contributed by atoms with Crippen molar-refractivity contribution in [3.05, 3.63) is 34.3 Å². The average molecular weight is 299 g/mol. The molecule has 0 radical (unpaired) electrons. The van der Waals surface area contributed by atoms with Gasteiger partial charge in [0.25, 0.3) is 0 Å². The highest BCUT2D eigenvalue weighted by molar-refractivity contribution is 7.13. The van der Waals surface area contributed by atoms with Crippen LogP contribution in [0.3, 0.4) is 0 Å². The van der Waals surface area contributed by atoms with Gasteiger partial charge >= 0.3 is 0 Å². The molecule has 1 N–H and O–H groups in total. The average Bonchev–Trinajstić information content (AvgIpc) is 2.92. The van der Waals surface area contributed by atoms with Gasteiger partial charge in [-0.25, -0.2) is 4.98 Å². The Morgan fingerprint density at radius 1 is 1.37 bits per heavy atom. The minimum Gasteiger partial charge on any atom is -0.493 e. The summed E-state index contributed by atoms with van der Waals surface area (Å²) >= 11 is 7.78. The molecular weight excluding hydrogens is 284 g/mol. The van der Waals surface area contributed by atoms with Gasteiger partial charge in [-0.05, 0) is 18.6 Å². The van der Waals surface area contributed by atoms with Gasteiger partial charge in [-0.2, -0.15) is 0 Å². The van der Waals surface area contributed by atoms with Gasteiger partial charge in [-0.1, -0.05) is 11.6 Å². The zero-order valence-corrected chi connectivity index (χ0v) is 12.3. The normalized spacial score (nSPS) is 10.3. The van der Waals surface area contributed by atoms with Crippen LogP contribution in [0.25, 0.3) is 0 Å². The van der Waals surface area contributed by atoms with Gasteiger partial charge in [0.05, 0.1) is 13.7 Å². The molecule has 0 saturated heterocycles. The number of methoxy groups -OCH3 is 1. The zero-order valence-electron chi connectivity index (χ0n) is 10.8. The lowest BCUT2D eigenvalue weighted by molar-refractivity contribution is 0.310. The molecule has 0 saturated carbocycles. The number of hydrogen-bond acceptors (Lipinski definition) is 5. The standard InChI is InChI=1S/C13H15ClN2O2S/c1-3-18-12-6-9(10(14)7-11(12)17-2)8-16-13-15-4-5-19-13/h4-7H,3,8H2,1-2H3,(H,15,16). The van der Waals surface area contributed by atoms with E-state index in [0.717, 1.165) is 10.7 Å². The highest BCUT2D eigenvalue weighted by Gasteiger charge is 2.10. The summed E-state index contributed by atoms with van der Waals surface area (Å²) in [6.07, 6.45) is 1.76. The number of hydrogen-bond donors (Lipinski definition) is 1. The molecule has 0 aliphatic rings. The van der Waals surface area contributed by atoms with E-state index in [2.05, 4.69) is 10.3 Å². The van der Waals surface area contributed by atoms with E-state index in [4.69, 9.17) is 21.1 Å². The van der Waals surface area contributed by atoms with Gasteiger partial charge in [0.15, 0.2) is 16.6 Å². The van der Waals surface area contributed by atoms with E-state index in [9.17, 15) is 0 Å². The molecule has 0 bridgehead atoms. The van der Waals surface area contributed by atoms with Gasteiger partial charge in [-0.3, -0.25) is 0 Å². The first-order valence-electron chi connectivity index (χ1n) is 5.87. The van der Waals surface area contributed by atoms with Crippen LogP contribution in [0.2, 0.25) is 5.02 Å². The summed E-state index contributed by atoms with van der Waals surface area (Å²) in [6, 6.07) is 3.66. The molecule has 102 valence electrons. The molecule has 0 atom stereocenters. The Labute approximate surface area is 121 Å². The van der Waals surface area contributed by atoms with Crippen LogP contribution in [0.5, 0.6) is 11.5 Å². The topological polar surface area (TPSA) is 43.4 Å². The second-order valence-corrected chi connectivity index (χ2v) is 5.02. The molecule has 0 unspecified atom stereocenters. The summed E-state index contributed by atoms with van der Waals surface area (Å²) in [5.74, 6) is 1.34. The summed E-state index contributed by atoms with van der Waals surface area (Å²) in [6.45, 7) is 3.11. The maximum atomic E-state index is 6.23. The van der Waals surface area contributed by atoms with Gasteiger partial charge < -0.3 is 14.8 Å². The van der Waals surface area contributed by atoms with Gasteiger partial charge in [-0.15, -0.1) is 11.3 Å². The first kappa shape index (κ1) is 14.0. The van der Waals surface area contributed by atoms with Gasteiger partial charge in [0.1, 0.15) is 0 Å². The molecule has 1 heterocycles. The molecule has 0 aliphatic carbocycles. The highest BCUT2D eigenvalue weighted by atomic mass is 35.5. The largest absolute Gasteiger partial charge is 0.493 e. The summed E-state index contributed by atoms with van der Waals surface area (Å²) in [7, 11) is 1.60. The fraction of sp³-hybridized carbons (Fsp3) is 0.308. The summed E-state index contributed by atoms with van der Waals surface area (Å²) in [4.78, 5) is 4.16. The Kier molecular flexibility index (Phi) is 4.87. The summed E-state index contributed by atoms with van der Waals surface area (Å²) in [5.41, 5.74) is 0.945. The number of benzene rings is 1. The van der Waals surface area contributed by atoms with Crippen molar-refractivity contribution < 1.29 is 9.47 Å². The fourth-order valence-electron chi connectivity index (χ4n) is 1.62. The van der Waals surface area contributed by atoms with E-state index >= 15 is 0 Å². The van der Waals surface area contributed by atoms with Crippen molar-refractivity contribution >= 4 is 28.1 Å². The van der Waals surface area contributed by atoms with Crippen molar-refractivity contribution in [3.8, 4) is 11.5 Å². The maximum absolute atomic E-state index is 6.23. The second-order valence-electron chi connectivity index (χ2n) is 3.72.